The van der Waals surface area contributed by atoms with Crippen molar-refractivity contribution in [1.29, 1.82) is 0 Å². The van der Waals surface area contributed by atoms with E-state index < -0.39 is 10.8 Å². The van der Waals surface area contributed by atoms with E-state index in [4.69, 9.17) is 0 Å². The molecule has 5 heteroatoms. The molecule has 0 bridgehead atoms. The fourth-order valence-electron chi connectivity index (χ4n) is 1.44. The Hall–Kier alpha value is -1.49. The number of aromatic nitrogens is 3. The van der Waals surface area contributed by atoms with Crippen LogP contribution in [0.3, 0.4) is 0 Å². The molecule has 0 N–H and O–H groups in total. The van der Waals surface area contributed by atoms with Crippen molar-refractivity contribution in [3.05, 3.63) is 42.0 Å². The number of rotatable bonds is 3. The summed E-state index contributed by atoms with van der Waals surface area (Å²) in [6.45, 7) is 1.96. The third-order valence-corrected chi connectivity index (χ3v) is 3.87. The Balaban J connectivity index is 2.22. The van der Waals surface area contributed by atoms with Crippen LogP contribution in [0.15, 0.2) is 35.5 Å². The maximum absolute atomic E-state index is 12.1. The summed E-state index contributed by atoms with van der Waals surface area (Å²) >= 11 is 0. The average Bonchev–Trinajstić information content (AvgIpc) is 2.65. The van der Waals surface area contributed by atoms with Gasteiger partial charge in [0.05, 0.1) is 16.6 Å². The van der Waals surface area contributed by atoms with Crippen molar-refractivity contribution >= 4 is 10.8 Å². The van der Waals surface area contributed by atoms with Crippen molar-refractivity contribution < 1.29 is 4.21 Å². The predicted molar refractivity (Wildman–Crippen MR) is 62.3 cm³/mol. The van der Waals surface area contributed by atoms with Gasteiger partial charge >= 0.3 is 0 Å². The van der Waals surface area contributed by atoms with Gasteiger partial charge in [0.25, 0.3) is 0 Å². The smallest absolute Gasteiger partial charge is 0.145 e. The van der Waals surface area contributed by atoms with Crippen LogP contribution in [-0.4, -0.2) is 19.0 Å². The first-order valence-corrected chi connectivity index (χ1v) is 6.27. The van der Waals surface area contributed by atoms with Crippen molar-refractivity contribution in [2.45, 2.75) is 17.6 Å². The monoisotopic (exact) mass is 235 g/mol. The van der Waals surface area contributed by atoms with Gasteiger partial charge in [-0.2, -0.15) is 0 Å². The SMILES string of the molecule is Cc1ccccc1[S@](=O)Cc1nncn1C. The van der Waals surface area contributed by atoms with Crippen LogP contribution in [0.25, 0.3) is 0 Å². The lowest BCUT2D eigenvalue weighted by molar-refractivity contribution is 0.679. The zero-order chi connectivity index (χ0) is 11.5. The van der Waals surface area contributed by atoms with Crippen molar-refractivity contribution in [3.8, 4) is 0 Å². The molecule has 4 nitrogen and oxygen atoms in total. The van der Waals surface area contributed by atoms with E-state index in [2.05, 4.69) is 10.2 Å². The summed E-state index contributed by atoms with van der Waals surface area (Å²) in [6, 6.07) is 7.70. The Morgan fingerprint density at radius 3 is 2.75 bits per heavy atom. The normalized spacial score (nSPS) is 12.6. The van der Waals surface area contributed by atoms with Gasteiger partial charge in [0, 0.05) is 11.9 Å². The van der Waals surface area contributed by atoms with E-state index in [1.165, 1.54) is 0 Å². The van der Waals surface area contributed by atoms with Crippen molar-refractivity contribution in [2.24, 2.45) is 7.05 Å². The van der Waals surface area contributed by atoms with Gasteiger partial charge in [-0.15, -0.1) is 10.2 Å². The van der Waals surface area contributed by atoms with Crippen molar-refractivity contribution in [3.63, 3.8) is 0 Å². The third-order valence-electron chi connectivity index (χ3n) is 2.40. The molecule has 1 aromatic carbocycles. The Kier molecular flexibility index (Phi) is 3.14. The lowest BCUT2D eigenvalue weighted by atomic mass is 10.2. The van der Waals surface area contributed by atoms with Crippen LogP contribution in [0.2, 0.25) is 0 Å². The summed E-state index contributed by atoms with van der Waals surface area (Å²) in [4.78, 5) is 0.866. The summed E-state index contributed by atoms with van der Waals surface area (Å²) in [6.07, 6.45) is 1.62. The van der Waals surface area contributed by atoms with E-state index in [1.807, 2.05) is 38.2 Å². The molecule has 0 radical (unpaired) electrons. The maximum atomic E-state index is 12.1. The second kappa shape index (κ2) is 4.57. The minimum atomic E-state index is -1.06. The fourth-order valence-corrected chi connectivity index (χ4v) is 2.75. The molecule has 0 aliphatic rings. The van der Waals surface area contributed by atoms with Gasteiger partial charge in [-0.25, -0.2) is 0 Å². The maximum Gasteiger partial charge on any atom is 0.145 e. The van der Waals surface area contributed by atoms with E-state index in [0.717, 1.165) is 16.3 Å². The van der Waals surface area contributed by atoms with Gasteiger partial charge < -0.3 is 4.57 Å². The summed E-state index contributed by atoms with van der Waals surface area (Å²) in [5, 5.41) is 7.70. The van der Waals surface area contributed by atoms with Crippen molar-refractivity contribution in [1.82, 2.24) is 14.8 Å². The van der Waals surface area contributed by atoms with E-state index in [-0.39, 0.29) is 0 Å². The summed E-state index contributed by atoms with van der Waals surface area (Å²) in [7, 11) is 0.794. The third kappa shape index (κ3) is 2.19. The second-order valence-corrected chi connectivity index (χ2v) is 5.03. The topological polar surface area (TPSA) is 47.8 Å². The van der Waals surface area contributed by atoms with Gasteiger partial charge in [-0.3, -0.25) is 4.21 Å². The van der Waals surface area contributed by atoms with Crippen LogP contribution in [-0.2, 0) is 23.6 Å². The highest BCUT2D eigenvalue weighted by Crippen LogP contribution is 2.14. The highest BCUT2D eigenvalue weighted by Gasteiger charge is 2.10. The van der Waals surface area contributed by atoms with Crippen molar-refractivity contribution in [2.75, 3.05) is 0 Å². The number of hydrogen-bond acceptors (Lipinski definition) is 3. The minimum absolute atomic E-state index is 0.404. The molecule has 1 atom stereocenters. The minimum Gasteiger partial charge on any atom is -0.320 e. The van der Waals surface area contributed by atoms with Gasteiger partial charge in [-0.05, 0) is 18.6 Å². The molecule has 1 aromatic heterocycles. The highest BCUT2D eigenvalue weighted by molar-refractivity contribution is 7.84. The fraction of sp³-hybridized carbons (Fsp3) is 0.273. The summed E-state index contributed by atoms with van der Waals surface area (Å²) < 4.78 is 13.9. The molecule has 0 fully saturated rings. The molecule has 0 unspecified atom stereocenters. The summed E-state index contributed by atoms with van der Waals surface area (Å²) in [5.41, 5.74) is 1.04. The Labute approximate surface area is 96.8 Å². The molecule has 1 heterocycles. The van der Waals surface area contributed by atoms with Crippen LogP contribution >= 0.6 is 0 Å². The van der Waals surface area contributed by atoms with Crippen LogP contribution in [0.5, 0.6) is 0 Å². The molecule has 84 valence electrons. The Morgan fingerprint density at radius 2 is 2.12 bits per heavy atom. The van der Waals surface area contributed by atoms with Gasteiger partial charge in [0.2, 0.25) is 0 Å². The van der Waals surface area contributed by atoms with Gasteiger partial charge in [-0.1, -0.05) is 18.2 Å². The molecule has 2 rings (SSSR count). The first kappa shape index (κ1) is 11.0. The zero-order valence-corrected chi connectivity index (χ0v) is 10.1. The van der Waals surface area contributed by atoms with E-state index in [0.29, 0.717) is 5.75 Å². The highest BCUT2D eigenvalue weighted by atomic mass is 32.2. The number of benzene rings is 1. The molecule has 0 aliphatic carbocycles. The van der Waals surface area contributed by atoms with Gasteiger partial charge in [0.15, 0.2) is 0 Å². The van der Waals surface area contributed by atoms with Crippen LogP contribution in [0, 0.1) is 6.92 Å². The molecule has 16 heavy (non-hydrogen) atoms. The number of nitrogens with zero attached hydrogens (tertiary/aromatic N) is 3. The quantitative estimate of drug-likeness (QED) is 0.808. The average molecular weight is 235 g/mol. The molecular weight excluding hydrogens is 222 g/mol. The number of aryl methyl sites for hydroxylation is 2. The lowest BCUT2D eigenvalue weighted by Gasteiger charge is -2.04. The van der Waals surface area contributed by atoms with Crippen LogP contribution < -0.4 is 0 Å². The van der Waals surface area contributed by atoms with E-state index in [1.54, 1.807) is 10.9 Å². The van der Waals surface area contributed by atoms with Gasteiger partial charge in [0.1, 0.15) is 12.2 Å². The van der Waals surface area contributed by atoms with E-state index >= 15 is 0 Å². The molecule has 2 aromatic rings. The second-order valence-electron chi connectivity index (χ2n) is 3.61. The Morgan fingerprint density at radius 1 is 1.38 bits per heavy atom. The molecular formula is C11H13N3OS. The van der Waals surface area contributed by atoms with Crippen LogP contribution in [0.4, 0.5) is 0 Å². The number of hydrogen-bond donors (Lipinski definition) is 0. The molecule has 0 aliphatic heterocycles. The summed E-state index contributed by atoms with van der Waals surface area (Å²) in [5.74, 6) is 1.14. The molecule has 0 saturated carbocycles. The molecule has 0 spiro atoms. The predicted octanol–water partition coefficient (Wildman–Crippen LogP) is 1.43. The van der Waals surface area contributed by atoms with E-state index in [9.17, 15) is 4.21 Å². The first-order valence-electron chi connectivity index (χ1n) is 4.95. The lowest BCUT2D eigenvalue weighted by Crippen LogP contribution is -2.04. The van der Waals surface area contributed by atoms with Crippen LogP contribution in [0.1, 0.15) is 11.4 Å². The molecule has 0 amide bonds. The molecule has 0 saturated heterocycles. The standard InChI is InChI=1S/C11H13N3OS/c1-9-5-3-4-6-10(9)16(15)7-11-13-12-8-14(11)2/h3-6,8H,7H2,1-2H3/t16-/m1/s1. The first-order chi connectivity index (χ1) is 7.68. The Bertz CT molecular complexity index is 521. The largest absolute Gasteiger partial charge is 0.320 e. The zero-order valence-electron chi connectivity index (χ0n) is 9.25.